The van der Waals surface area contributed by atoms with E-state index in [1.807, 2.05) is 4.90 Å². The normalized spacial score (nSPS) is 22.8. The van der Waals surface area contributed by atoms with E-state index in [1.54, 1.807) is 0 Å². The summed E-state index contributed by atoms with van der Waals surface area (Å²) in [4.78, 5) is 19.4. The summed E-state index contributed by atoms with van der Waals surface area (Å²) >= 11 is 1.40. The molecular formula is C13H20N4OS. The lowest BCUT2D eigenvalue weighted by molar-refractivity contribution is 0.0739. The second-order valence-corrected chi connectivity index (χ2v) is 6.35. The summed E-state index contributed by atoms with van der Waals surface area (Å²) in [5.74, 6) is 0.433. The molecule has 1 saturated carbocycles. The standard InChI is InChI=1S/C13H20N4OS/c1-2-9-4-3-7-17(9)12(18)10-11(14)16-13(19-10)15-8-5-6-8/h8-9H,2-7,14H2,1H3,(H,15,16). The van der Waals surface area contributed by atoms with Crippen molar-refractivity contribution in [3.05, 3.63) is 4.88 Å². The number of nitrogens with one attached hydrogen (secondary N) is 1. The summed E-state index contributed by atoms with van der Waals surface area (Å²) in [5, 5.41) is 4.09. The van der Waals surface area contributed by atoms with Crippen molar-refractivity contribution in [3.8, 4) is 0 Å². The molecule has 1 aromatic heterocycles. The Labute approximate surface area is 117 Å². The fraction of sp³-hybridized carbons (Fsp3) is 0.692. The predicted octanol–water partition coefficient (Wildman–Crippen LogP) is 2.31. The maximum absolute atomic E-state index is 12.5. The van der Waals surface area contributed by atoms with E-state index in [4.69, 9.17) is 5.73 Å². The van der Waals surface area contributed by atoms with Crippen LogP contribution < -0.4 is 11.1 Å². The third-order valence-electron chi connectivity index (χ3n) is 3.86. The second kappa shape index (κ2) is 5.00. The average molecular weight is 280 g/mol. The van der Waals surface area contributed by atoms with Gasteiger partial charge in [0, 0.05) is 18.6 Å². The van der Waals surface area contributed by atoms with E-state index in [1.165, 1.54) is 24.2 Å². The van der Waals surface area contributed by atoms with Crippen LogP contribution in [0.15, 0.2) is 0 Å². The number of hydrogen-bond acceptors (Lipinski definition) is 5. The molecule has 1 aliphatic heterocycles. The van der Waals surface area contributed by atoms with Crippen molar-refractivity contribution in [2.45, 2.75) is 51.1 Å². The van der Waals surface area contributed by atoms with E-state index in [2.05, 4.69) is 17.2 Å². The predicted molar refractivity (Wildman–Crippen MR) is 77.5 cm³/mol. The Balaban J connectivity index is 1.76. The Morgan fingerprint density at radius 3 is 3.00 bits per heavy atom. The van der Waals surface area contributed by atoms with Gasteiger partial charge in [-0.2, -0.15) is 0 Å². The fourth-order valence-corrected chi connectivity index (χ4v) is 3.52. The first-order valence-corrected chi connectivity index (χ1v) is 7.84. The highest BCUT2D eigenvalue weighted by Crippen LogP contribution is 2.32. The first-order valence-electron chi connectivity index (χ1n) is 7.03. The molecule has 1 aliphatic carbocycles. The summed E-state index contributed by atoms with van der Waals surface area (Å²) in [5.41, 5.74) is 5.90. The van der Waals surface area contributed by atoms with Crippen LogP contribution in [0.3, 0.4) is 0 Å². The van der Waals surface area contributed by atoms with Crippen LogP contribution in [0.25, 0.3) is 0 Å². The molecule has 2 fully saturated rings. The zero-order valence-electron chi connectivity index (χ0n) is 11.2. The molecule has 1 aromatic rings. The minimum Gasteiger partial charge on any atom is -0.382 e. The van der Waals surface area contributed by atoms with Crippen LogP contribution in [-0.2, 0) is 0 Å². The summed E-state index contributed by atoms with van der Waals surface area (Å²) in [6, 6.07) is 0.900. The number of likely N-dealkylation sites (tertiary alicyclic amines) is 1. The lowest BCUT2D eigenvalue weighted by Crippen LogP contribution is -2.34. The minimum absolute atomic E-state index is 0.0585. The van der Waals surface area contributed by atoms with Crippen LogP contribution in [0.1, 0.15) is 48.7 Å². The number of aromatic nitrogens is 1. The van der Waals surface area contributed by atoms with Crippen molar-refractivity contribution in [1.29, 1.82) is 0 Å². The van der Waals surface area contributed by atoms with E-state index < -0.39 is 0 Å². The van der Waals surface area contributed by atoms with E-state index >= 15 is 0 Å². The van der Waals surface area contributed by atoms with Gasteiger partial charge in [0.05, 0.1) is 0 Å². The molecule has 1 amide bonds. The SMILES string of the molecule is CCC1CCCN1C(=O)c1sc(NC2CC2)nc1N. The van der Waals surface area contributed by atoms with Gasteiger partial charge in [-0.25, -0.2) is 4.98 Å². The monoisotopic (exact) mass is 280 g/mol. The summed E-state index contributed by atoms with van der Waals surface area (Å²) < 4.78 is 0. The zero-order valence-corrected chi connectivity index (χ0v) is 12.0. The molecule has 2 heterocycles. The fourth-order valence-electron chi connectivity index (χ4n) is 2.61. The molecule has 1 unspecified atom stereocenters. The number of anilines is 2. The van der Waals surface area contributed by atoms with E-state index in [9.17, 15) is 4.79 Å². The number of rotatable bonds is 4. The third-order valence-corrected chi connectivity index (χ3v) is 4.85. The molecule has 6 heteroatoms. The number of thiazole rings is 1. The molecule has 5 nitrogen and oxygen atoms in total. The van der Waals surface area contributed by atoms with Crippen molar-refractivity contribution < 1.29 is 4.79 Å². The van der Waals surface area contributed by atoms with Crippen molar-refractivity contribution in [2.24, 2.45) is 0 Å². The van der Waals surface area contributed by atoms with Crippen LogP contribution in [0, 0.1) is 0 Å². The Bertz CT molecular complexity index is 483. The maximum Gasteiger partial charge on any atom is 0.268 e. The van der Waals surface area contributed by atoms with Gasteiger partial charge in [0.25, 0.3) is 5.91 Å². The smallest absolute Gasteiger partial charge is 0.268 e. The number of amides is 1. The highest BCUT2D eigenvalue weighted by molar-refractivity contribution is 7.18. The van der Waals surface area contributed by atoms with Crippen LogP contribution in [0.4, 0.5) is 10.9 Å². The number of nitrogens with zero attached hydrogens (tertiary/aromatic N) is 2. The lowest BCUT2D eigenvalue weighted by atomic mass is 10.2. The lowest BCUT2D eigenvalue weighted by Gasteiger charge is -2.22. The Hall–Kier alpha value is -1.30. The second-order valence-electron chi connectivity index (χ2n) is 5.35. The van der Waals surface area contributed by atoms with Gasteiger partial charge in [-0.15, -0.1) is 0 Å². The summed E-state index contributed by atoms with van der Waals surface area (Å²) in [6.45, 7) is 2.98. The van der Waals surface area contributed by atoms with Crippen LogP contribution in [-0.4, -0.2) is 34.4 Å². The van der Waals surface area contributed by atoms with Crippen molar-refractivity contribution in [3.63, 3.8) is 0 Å². The highest BCUT2D eigenvalue weighted by Gasteiger charge is 2.31. The van der Waals surface area contributed by atoms with Crippen molar-refractivity contribution >= 4 is 28.2 Å². The molecule has 3 rings (SSSR count). The first kappa shape index (κ1) is 12.7. The van der Waals surface area contributed by atoms with E-state index in [0.29, 0.717) is 22.8 Å². The number of carbonyl (C=O) groups is 1. The molecule has 104 valence electrons. The molecule has 0 bridgehead atoms. The van der Waals surface area contributed by atoms with Gasteiger partial charge in [0.15, 0.2) is 5.13 Å². The van der Waals surface area contributed by atoms with Gasteiger partial charge < -0.3 is 16.0 Å². The first-order chi connectivity index (χ1) is 9.19. The molecule has 0 radical (unpaired) electrons. The average Bonchev–Trinajstić information content (AvgIpc) is 2.95. The molecule has 0 aromatic carbocycles. The number of nitrogen functional groups attached to an aromatic ring is 1. The molecule has 1 saturated heterocycles. The number of carbonyl (C=O) groups excluding carboxylic acids is 1. The summed E-state index contributed by atoms with van der Waals surface area (Å²) in [7, 11) is 0. The Morgan fingerprint density at radius 1 is 1.53 bits per heavy atom. The van der Waals surface area contributed by atoms with Crippen LogP contribution in [0.5, 0.6) is 0 Å². The van der Waals surface area contributed by atoms with Gasteiger partial charge >= 0.3 is 0 Å². The molecular weight excluding hydrogens is 260 g/mol. The largest absolute Gasteiger partial charge is 0.382 e. The van der Waals surface area contributed by atoms with Crippen molar-refractivity contribution in [1.82, 2.24) is 9.88 Å². The third kappa shape index (κ3) is 2.54. The molecule has 2 aliphatic rings. The highest BCUT2D eigenvalue weighted by atomic mass is 32.1. The zero-order chi connectivity index (χ0) is 13.4. The van der Waals surface area contributed by atoms with Gasteiger partial charge in [-0.3, -0.25) is 4.79 Å². The molecule has 19 heavy (non-hydrogen) atoms. The van der Waals surface area contributed by atoms with Crippen molar-refractivity contribution in [2.75, 3.05) is 17.6 Å². The Kier molecular flexibility index (Phi) is 3.35. The molecule has 3 N–H and O–H groups in total. The quantitative estimate of drug-likeness (QED) is 0.888. The summed E-state index contributed by atoms with van der Waals surface area (Å²) in [6.07, 6.45) is 5.58. The number of hydrogen-bond donors (Lipinski definition) is 2. The van der Waals surface area contributed by atoms with Gasteiger partial charge in [0.2, 0.25) is 0 Å². The Morgan fingerprint density at radius 2 is 2.32 bits per heavy atom. The molecule has 0 spiro atoms. The van der Waals surface area contributed by atoms with Crippen LogP contribution in [0.2, 0.25) is 0 Å². The van der Waals surface area contributed by atoms with Gasteiger partial charge in [0.1, 0.15) is 10.7 Å². The maximum atomic E-state index is 12.5. The number of nitrogens with two attached hydrogens (primary N) is 1. The van der Waals surface area contributed by atoms with Crippen LogP contribution >= 0.6 is 11.3 Å². The van der Waals surface area contributed by atoms with Gasteiger partial charge in [-0.05, 0) is 32.1 Å². The minimum atomic E-state index is 0.0585. The van der Waals surface area contributed by atoms with E-state index in [-0.39, 0.29) is 5.91 Å². The van der Waals surface area contributed by atoms with E-state index in [0.717, 1.165) is 30.9 Å². The van der Waals surface area contributed by atoms with Gasteiger partial charge in [-0.1, -0.05) is 18.3 Å². The topological polar surface area (TPSA) is 71.2 Å². The molecule has 1 atom stereocenters.